The van der Waals surface area contributed by atoms with Crippen molar-refractivity contribution in [1.29, 1.82) is 0 Å². The van der Waals surface area contributed by atoms with Crippen molar-refractivity contribution in [3.63, 3.8) is 0 Å². The van der Waals surface area contributed by atoms with Crippen LogP contribution in [-0.4, -0.2) is 54.3 Å². The number of aromatic amines is 1. The van der Waals surface area contributed by atoms with Crippen LogP contribution < -0.4 is 4.90 Å². The molecular formula is C26H26N4O2. The lowest BCUT2D eigenvalue weighted by Gasteiger charge is -2.20. The Kier molecular flexibility index (Phi) is 6.33. The summed E-state index contributed by atoms with van der Waals surface area (Å²) in [4.78, 5) is 23.2. The van der Waals surface area contributed by atoms with Crippen molar-refractivity contribution < 1.29 is 9.90 Å². The summed E-state index contributed by atoms with van der Waals surface area (Å²) in [7, 11) is 3.96. The molecule has 4 rings (SSSR count). The minimum Gasteiger partial charge on any atom is -0.494 e. The molecule has 0 bridgehead atoms. The van der Waals surface area contributed by atoms with Crippen LogP contribution in [0, 0.1) is 0 Å². The van der Waals surface area contributed by atoms with Crippen LogP contribution in [-0.2, 0) is 4.79 Å². The lowest BCUT2D eigenvalue weighted by molar-refractivity contribution is -0.107. The van der Waals surface area contributed by atoms with Crippen LogP contribution in [0.5, 0.6) is 5.88 Å². The first-order chi connectivity index (χ1) is 15.6. The minimum atomic E-state index is 0.0845. The van der Waals surface area contributed by atoms with Crippen molar-refractivity contribution in [3.05, 3.63) is 90.0 Å². The Morgan fingerprint density at radius 3 is 2.31 bits per heavy atom. The summed E-state index contributed by atoms with van der Waals surface area (Å²) in [5.41, 5.74) is 4.64. The summed E-state index contributed by atoms with van der Waals surface area (Å²) in [5.74, 6) is 0.0845. The summed E-state index contributed by atoms with van der Waals surface area (Å²) in [6.45, 7) is 1.38. The number of aromatic hydroxyl groups is 1. The standard InChI is InChI=1S/C26H26N4O2/c1-29(2)16-17-30(18-31)21-14-12-20(13-15-21)27-25(19-8-4-3-5-9-19)24-22-10-6-7-11-23(22)28-26(24)32/h3-15,18,28,32H,16-17H2,1-2H3. The number of fused-ring (bicyclic) bond motifs is 1. The molecule has 0 aliphatic rings. The zero-order valence-corrected chi connectivity index (χ0v) is 18.2. The number of carbonyl (C=O) groups is 1. The third-order valence-electron chi connectivity index (χ3n) is 5.31. The highest BCUT2D eigenvalue weighted by atomic mass is 16.3. The number of likely N-dealkylation sites (N-methyl/N-ethyl adjacent to an activating group) is 1. The molecule has 0 saturated heterocycles. The molecule has 1 aromatic heterocycles. The van der Waals surface area contributed by atoms with Gasteiger partial charge in [0.25, 0.3) is 0 Å². The summed E-state index contributed by atoms with van der Waals surface area (Å²) in [6.07, 6.45) is 0.848. The number of anilines is 1. The number of amides is 1. The maximum absolute atomic E-state index is 11.5. The number of benzene rings is 3. The molecule has 0 aliphatic heterocycles. The van der Waals surface area contributed by atoms with Crippen molar-refractivity contribution in [1.82, 2.24) is 9.88 Å². The molecular weight excluding hydrogens is 400 g/mol. The molecule has 0 atom stereocenters. The second-order valence-electron chi connectivity index (χ2n) is 7.84. The Morgan fingerprint density at radius 1 is 0.938 bits per heavy atom. The van der Waals surface area contributed by atoms with E-state index in [2.05, 4.69) is 4.98 Å². The highest BCUT2D eigenvalue weighted by Gasteiger charge is 2.18. The third kappa shape index (κ3) is 4.55. The second kappa shape index (κ2) is 9.49. The molecule has 0 saturated carbocycles. The van der Waals surface area contributed by atoms with Gasteiger partial charge < -0.3 is 19.9 Å². The molecule has 0 spiro atoms. The van der Waals surface area contributed by atoms with Gasteiger partial charge in [-0.3, -0.25) is 4.79 Å². The normalized spacial score (nSPS) is 11.8. The third-order valence-corrected chi connectivity index (χ3v) is 5.31. The lowest BCUT2D eigenvalue weighted by Crippen LogP contribution is -2.30. The Morgan fingerprint density at radius 2 is 1.62 bits per heavy atom. The molecule has 2 N–H and O–H groups in total. The number of nitrogens with zero attached hydrogens (tertiary/aromatic N) is 3. The van der Waals surface area contributed by atoms with Gasteiger partial charge in [-0.25, -0.2) is 4.99 Å². The first-order valence-electron chi connectivity index (χ1n) is 10.5. The highest BCUT2D eigenvalue weighted by Crippen LogP contribution is 2.31. The zero-order valence-electron chi connectivity index (χ0n) is 18.2. The monoisotopic (exact) mass is 426 g/mol. The van der Waals surface area contributed by atoms with Crippen LogP contribution in [0.15, 0.2) is 83.9 Å². The molecule has 0 fully saturated rings. The fourth-order valence-electron chi connectivity index (χ4n) is 3.63. The largest absolute Gasteiger partial charge is 0.494 e. The Bertz CT molecular complexity index is 1230. The molecule has 0 radical (unpaired) electrons. The number of H-pyrrole nitrogens is 1. The molecule has 6 heteroatoms. The van der Waals surface area contributed by atoms with Gasteiger partial charge in [0.15, 0.2) is 5.88 Å². The van der Waals surface area contributed by atoms with Crippen LogP contribution in [0.25, 0.3) is 10.9 Å². The smallest absolute Gasteiger partial charge is 0.214 e. The molecule has 1 amide bonds. The number of hydrogen-bond acceptors (Lipinski definition) is 4. The van der Waals surface area contributed by atoms with Crippen LogP contribution in [0.2, 0.25) is 0 Å². The predicted octanol–water partition coefficient (Wildman–Crippen LogP) is 4.57. The molecule has 6 nitrogen and oxygen atoms in total. The maximum Gasteiger partial charge on any atom is 0.214 e. The van der Waals surface area contributed by atoms with E-state index in [0.29, 0.717) is 17.8 Å². The van der Waals surface area contributed by atoms with E-state index in [0.717, 1.165) is 40.8 Å². The van der Waals surface area contributed by atoms with Crippen molar-refractivity contribution in [2.24, 2.45) is 4.99 Å². The van der Waals surface area contributed by atoms with Gasteiger partial charge in [-0.2, -0.15) is 0 Å². The first-order valence-corrected chi connectivity index (χ1v) is 10.5. The molecule has 0 aliphatic carbocycles. The molecule has 4 aromatic rings. The summed E-state index contributed by atoms with van der Waals surface area (Å²) >= 11 is 0. The number of carbonyl (C=O) groups excluding carboxylic acids is 1. The number of aliphatic imine (C=N–C) groups is 1. The van der Waals surface area contributed by atoms with E-state index >= 15 is 0 Å². The average Bonchev–Trinajstić information content (AvgIpc) is 3.14. The van der Waals surface area contributed by atoms with Gasteiger partial charge in [-0.15, -0.1) is 0 Å². The molecule has 32 heavy (non-hydrogen) atoms. The quantitative estimate of drug-likeness (QED) is 0.320. The van der Waals surface area contributed by atoms with Gasteiger partial charge in [0, 0.05) is 35.2 Å². The van der Waals surface area contributed by atoms with E-state index in [9.17, 15) is 9.90 Å². The number of nitrogens with one attached hydrogen (secondary N) is 1. The van der Waals surface area contributed by atoms with E-state index in [1.165, 1.54) is 0 Å². The number of hydrogen-bond donors (Lipinski definition) is 2. The molecule has 162 valence electrons. The predicted molar refractivity (Wildman–Crippen MR) is 130 cm³/mol. The molecule has 3 aromatic carbocycles. The number of aromatic nitrogens is 1. The van der Waals surface area contributed by atoms with E-state index in [-0.39, 0.29) is 5.88 Å². The maximum atomic E-state index is 11.5. The van der Waals surface area contributed by atoms with Crippen LogP contribution in [0.4, 0.5) is 11.4 Å². The second-order valence-corrected chi connectivity index (χ2v) is 7.84. The summed E-state index contributed by atoms with van der Waals surface area (Å²) in [5, 5.41) is 11.6. The minimum absolute atomic E-state index is 0.0845. The van der Waals surface area contributed by atoms with Crippen molar-refractivity contribution in [3.8, 4) is 5.88 Å². The zero-order chi connectivity index (χ0) is 22.5. The van der Waals surface area contributed by atoms with E-state index in [1.54, 1.807) is 4.90 Å². The van der Waals surface area contributed by atoms with E-state index in [1.807, 2.05) is 97.9 Å². The lowest BCUT2D eigenvalue weighted by atomic mass is 10.0. The van der Waals surface area contributed by atoms with Gasteiger partial charge in [-0.1, -0.05) is 48.5 Å². The SMILES string of the molecule is CN(C)CCN(C=O)c1ccc(N=C(c2ccccc2)c2c(O)[nH]c3ccccc23)cc1. The Balaban J connectivity index is 1.75. The van der Waals surface area contributed by atoms with Gasteiger partial charge in [0.2, 0.25) is 6.41 Å². The van der Waals surface area contributed by atoms with Crippen LogP contribution in [0.1, 0.15) is 11.1 Å². The van der Waals surface area contributed by atoms with Crippen LogP contribution in [0.3, 0.4) is 0 Å². The van der Waals surface area contributed by atoms with Gasteiger partial charge >= 0.3 is 0 Å². The number of rotatable bonds is 8. The topological polar surface area (TPSA) is 71.9 Å². The molecule has 1 heterocycles. The van der Waals surface area contributed by atoms with Crippen molar-refractivity contribution >= 4 is 34.4 Å². The highest BCUT2D eigenvalue weighted by molar-refractivity contribution is 6.21. The van der Waals surface area contributed by atoms with E-state index < -0.39 is 0 Å². The van der Waals surface area contributed by atoms with Gasteiger partial charge in [0.05, 0.1) is 17.0 Å². The summed E-state index contributed by atoms with van der Waals surface area (Å²) < 4.78 is 0. The number of para-hydroxylation sites is 1. The van der Waals surface area contributed by atoms with E-state index in [4.69, 9.17) is 4.99 Å². The average molecular weight is 427 g/mol. The fourth-order valence-corrected chi connectivity index (χ4v) is 3.63. The first kappa shape index (κ1) is 21.3. The van der Waals surface area contributed by atoms with Gasteiger partial charge in [0.1, 0.15) is 0 Å². The fraction of sp³-hybridized carbons (Fsp3) is 0.154. The van der Waals surface area contributed by atoms with Crippen LogP contribution >= 0.6 is 0 Å². The molecule has 0 unspecified atom stereocenters. The van der Waals surface area contributed by atoms with Crippen molar-refractivity contribution in [2.45, 2.75) is 0 Å². The summed E-state index contributed by atoms with van der Waals surface area (Å²) in [6, 6.07) is 25.1. The Hall–Kier alpha value is -3.90. The Labute approximate surface area is 187 Å². The van der Waals surface area contributed by atoms with Gasteiger partial charge in [-0.05, 0) is 44.4 Å². The van der Waals surface area contributed by atoms with Crippen molar-refractivity contribution in [2.75, 3.05) is 32.1 Å².